The number of rotatable bonds is 3. The molecular weight excluding hydrogens is 254 g/mol. The van der Waals surface area contributed by atoms with Crippen LogP contribution in [0.2, 0.25) is 0 Å². The molecular formula is C16H15NO3. The van der Waals surface area contributed by atoms with E-state index in [-0.39, 0.29) is 11.9 Å². The molecule has 102 valence electrons. The van der Waals surface area contributed by atoms with Crippen molar-refractivity contribution in [2.75, 3.05) is 12.4 Å². The molecule has 0 heterocycles. The van der Waals surface area contributed by atoms with Crippen molar-refractivity contribution in [3.63, 3.8) is 0 Å². The lowest BCUT2D eigenvalue weighted by molar-refractivity contribution is -0.114. The van der Waals surface area contributed by atoms with Gasteiger partial charge in [0.05, 0.1) is 12.7 Å². The van der Waals surface area contributed by atoms with E-state index >= 15 is 0 Å². The van der Waals surface area contributed by atoms with Crippen molar-refractivity contribution in [2.45, 2.75) is 6.92 Å². The van der Waals surface area contributed by atoms with E-state index in [4.69, 9.17) is 0 Å². The molecule has 0 atom stereocenters. The number of amides is 1. The summed E-state index contributed by atoms with van der Waals surface area (Å²) in [6, 6.07) is 14.6. The summed E-state index contributed by atoms with van der Waals surface area (Å²) in [4.78, 5) is 22.6. The van der Waals surface area contributed by atoms with Crippen LogP contribution in [0.3, 0.4) is 0 Å². The Morgan fingerprint density at radius 1 is 1.00 bits per heavy atom. The van der Waals surface area contributed by atoms with Gasteiger partial charge in [0.2, 0.25) is 5.91 Å². The maximum absolute atomic E-state index is 11.4. The van der Waals surface area contributed by atoms with E-state index in [1.807, 2.05) is 36.4 Å². The number of hydrogen-bond acceptors (Lipinski definition) is 3. The maximum atomic E-state index is 11.4. The minimum absolute atomic E-state index is 0.122. The van der Waals surface area contributed by atoms with Crippen LogP contribution in [0.5, 0.6) is 0 Å². The molecule has 0 bridgehead atoms. The fraction of sp³-hybridized carbons (Fsp3) is 0.125. The third-order valence-electron chi connectivity index (χ3n) is 2.85. The molecule has 4 nitrogen and oxygen atoms in total. The van der Waals surface area contributed by atoms with Gasteiger partial charge in [0, 0.05) is 18.2 Å². The van der Waals surface area contributed by atoms with Crippen molar-refractivity contribution in [2.24, 2.45) is 0 Å². The summed E-state index contributed by atoms with van der Waals surface area (Å²) in [5, 5.41) is 2.79. The number of nitrogens with one attached hydrogen (secondary N) is 1. The maximum Gasteiger partial charge on any atom is 0.337 e. The van der Waals surface area contributed by atoms with Gasteiger partial charge in [-0.2, -0.15) is 0 Å². The molecule has 0 aliphatic heterocycles. The van der Waals surface area contributed by atoms with Crippen molar-refractivity contribution in [1.29, 1.82) is 0 Å². The summed E-state index contributed by atoms with van der Waals surface area (Å²) >= 11 is 0. The summed E-state index contributed by atoms with van der Waals surface area (Å²) in [6.45, 7) is 1.47. The van der Waals surface area contributed by atoms with Gasteiger partial charge < -0.3 is 10.1 Å². The summed E-state index contributed by atoms with van der Waals surface area (Å²) in [5.74, 6) is -0.490. The van der Waals surface area contributed by atoms with E-state index in [1.54, 1.807) is 12.1 Å². The first-order valence-corrected chi connectivity index (χ1v) is 6.17. The van der Waals surface area contributed by atoms with Crippen LogP contribution in [-0.4, -0.2) is 19.0 Å². The Hall–Kier alpha value is -2.62. The highest BCUT2D eigenvalue weighted by Gasteiger charge is 2.08. The number of methoxy groups -OCH3 is 1. The molecule has 2 aromatic carbocycles. The molecule has 0 saturated carbocycles. The second kappa shape index (κ2) is 6.02. The molecule has 2 aromatic rings. The van der Waals surface area contributed by atoms with Gasteiger partial charge in [0.25, 0.3) is 0 Å². The van der Waals surface area contributed by atoms with Crippen molar-refractivity contribution >= 4 is 17.6 Å². The summed E-state index contributed by atoms with van der Waals surface area (Å²) in [5.41, 5.74) is 3.06. The predicted octanol–water partition coefficient (Wildman–Crippen LogP) is 3.10. The molecule has 20 heavy (non-hydrogen) atoms. The van der Waals surface area contributed by atoms with Crippen LogP contribution in [0.15, 0.2) is 48.5 Å². The minimum atomic E-state index is -0.369. The molecule has 1 N–H and O–H groups in total. The topological polar surface area (TPSA) is 55.4 Å². The highest BCUT2D eigenvalue weighted by atomic mass is 16.5. The van der Waals surface area contributed by atoms with E-state index in [2.05, 4.69) is 10.1 Å². The second-order valence-electron chi connectivity index (χ2n) is 4.30. The van der Waals surface area contributed by atoms with Crippen LogP contribution in [0.1, 0.15) is 17.3 Å². The Morgan fingerprint density at radius 3 is 2.25 bits per heavy atom. The number of carbonyl (C=O) groups excluding carboxylic acids is 2. The normalized spacial score (nSPS) is 9.90. The molecule has 2 rings (SSSR count). The van der Waals surface area contributed by atoms with Gasteiger partial charge in [-0.3, -0.25) is 4.79 Å². The number of benzene rings is 2. The minimum Gasteiger partial charge on any atom is -0.465 e. The lowest BCUT2D eigenvalue weighted by Crippen LogP contribution is -2.06. The number of hydrogen-bond donors (Lipinski definition) is 1. The van der Waals surface area contributed by atoms with Crippen molar-refractivity contribution in [3.05, 3.63) is 54.1 Å². The average molecular weight is 269 g/mol. The Morgan fingerprint density at radius 2 is 1.65 bits per heavy atom. The number of carbonyl (C=O) groups is 2. The zero-order valence-electron chi connectivity index (χ0n) is 11.3. The Bertz CT molecular complexity index is 632. The Balaban J connectivity index is 2.36. The quantitative estimate of drug-likeness (QED) is 0.871. The Labute approximate surface area is 117 Å². The fourth-order valence-corrected chi connectivity index (χ4v) is 1.94. The van der Waals surface area contributed by atoms with E-state index in [1.165, 1.54) is 14.0 Å². The van der Waals surface area contributed by atoms with E-state index in [9.17, 15) is 9.59 Å². The summed E-state index contributed by atoms with van der Waals surface area (Å²) in [7, 11) is 1.35. The van der Waals surface area contributed by atoms with E-state index < -0.39 is 0 Å². The molecule has 0 saturated heterocycles. The molecule has 0 unspecified atom stereocenters. The molecule has 0 aromatic heterocycles. The lowest BCUT2D eigenvalue weighted by atomic mass is 10.0. The van der Waals surface area contributed by atoms with Gasteiger partial charge in [-0.1, -0.05) is 30.3 Å². The Kier molecular flexibility index (Phi) is 4.15. The van der Waals surface area contributed by atoms with Gasteiger partial charge in [0.1, 0.15) is 0 Å². The molecule has 0 aliphatic carbocycles. The largest absolute Gasteiger partial charge is 0.465 e. The van der Waals surface area contributed by atoms with Crippen LogP contribution in [0.4, 0.5) is 5.69 Å². The third-order valence-corrected chi connectivity index (χ3v) is 2.85. The second-order valence-corrected chi connectivity index (χ2v) is 4.30. The highest BCUT2D eigenvalue weighted by Crippen LogP contribution is 2.28. The summed E-state index contributed by atoms with van der Waals surface area (Å²) in [6.07, 6.45) is 0. The number of para-hydroxylation sites is 1. The van der Waals surface area contributed by atoms with Gasteiger partial charge in [-0.25, -0.2) is 4.79 Å². The predicted molar refractivity (Wildman–Crippen MR) is 77.5 cm³/mol. The lowest BCUT2D eigenvalue weighted by Gasteiger charge is -2.10. The summed E-state index contributed by atoms with van der Waals surface area (Å²) < 4.78 is 4.66. The smallest absolute Gasteiger partial charge is 0.337 e. The van der Waals surface area contributed by atoms with Gasteiger partial charge >= 0.3 is 5.97 Å². The standard InChI is InChI=1S/C16H15NO3/c1-11(18)17-15-6-4-3-5-14(15)12-7-9-13(10-8-12)16(19)20-2/h3-10H,1-2H3,(H,17,18). The zero-order valence-corrected chi connectivity index (χ0v) is 11.3. The first-order chi connectivity index (χ1) is 9.61. The van der Waals surface area contributed by atoms with Crippen LogP contribution in [-0.2, 0) is 9.53 Å². The van der Waals surface area contributed by atoms with Crippen molar-refractivity contribution in [3.8, 4) is 11.1 Å². The highest BCUT2D eigenvalue weighted by molar-refractivity contribution is 5.95. The molecule has 0 radical (unpaired) electrons. The van der Waals surface area contributed by atoms with Gasteiger partial charge in [-0.05, 0) is 23.8 Å². The molecule has 1 amide bonds. The van der Waals surface area contributed by atoms with Crippen LogP contribution in [0, 0.1) is 0 Å². The molecule has 0 fully saturated rings. The number of ether oxygens (including phenoxy) is 1. The van der Waals surface area contributed by atoms with Crippen molar-refractivity contribution in [1.82, 2.24) is 0 Å². The third kappa shape index (κ3) is 3.03. The molecule has 0 spiro atoms. The van der Waals surface area contributed by atoms with Crippen molar-refractivity contribution < 1.29 is 14.3 Å². The molecule has 4 heteroatoms. The fourth-order valence-electron chi connectivity index (χ4n) is 1.94. The van der Waals surface area contributed by atoms with Gasteiger partial charge in [0.15, 0.2) is 0 Å². The SMILES string of the molecule is COC(=O)c1ccc(-c2ccccc2NC(C)=O)cc1. The first kappa shape index (κ1) is 13.8. The zero-order chi connectivity index (χ0) is 14.5. The van der Waals surface area contributed by atoms with Crippen LogP contribution in [0.25, 0.3) is 11.1 Å². The monoisotopic (exact) mass is 269 g/mol. The average Bonchev–Trinajstić information content (AvgIpc) is 2.46. The number of esters is 1. The van der Waals surface area contributed by atoms with E-state index in [0.717, 1.165) is 16.8 Å². The number of anilines is 1. The van der Waals surface area contributed by atoms with Gasteiger partial charge in [-0.15, -0.1) is 0 Å². The first-order valence-electron chi connectivity index (χ1n) is 6.17. The van der Waals surface area contributed by atoms with Crippen LogP contribution < -0.4 is 5.32 Å². The van der Waals surface area contributed by atoms with E-state index in [0.29, 0.717) is 5.56 Å². The van der Waals surface area contributed by atoms with Crippen LogP contribution >= 0.6 is 0 Å². The molecule has 0 aliphatic rings.